The summed E-state index contributed by atoms with van der Waals surface area (Å²) in [5.41, 5.74) is 2.88. The Labute approximate surface area is 111 Å². The second kappa shape index (κ2) is 5.18. The van der Waals surface area contributed by atoms with Gasteiger partial charge in [0.15, 0.2) is 0 Å². The van der Waals surface area contributed by atoms with Crippen LogP contribution in [0.5, 0.6) is 0 Å². The van der Waals surface area contributed by atoms with Crippen LogP contribution in [0, 0.1) is 24.0 Å². The van der Waals surface area contributed by atoms with E-state index in [4.69, 9.17) is 0 Å². The predicted octanol–water partition coefficient (Wildman–Crippen LogP) is 3.52. The number of nitro benzene ring substituents is 1. The molecule has 1 aliphatic rings. The van der Waals surface area contributed by atoms with E-state index in [0.717, 1.165) is 29.0 Å². The molecule has 0 aromatic heterocycles. The van der Waals surface area contributed by atoms with Crippen molar-refractivity contribution in [1.29, 1.82) is 0 Å². The van der Waals surface area contributed by atoms with Crippen LogP contribution in [0.1, 0.15) is 24.5 Å². The molecular formula is C13H18N2O2S. The highest BCUT2D eigenvalue weighted by Gasteiger charge is 2.23. The molecule has 1 saturated heterocycles. The maximum atomic E-state index is 10.9. The molecule has 98 valence electrons. The summed E-state index contributed by atoms with van der Waals surface area (Å²) < 4.78 is 0. The zero-order valence-corrected chi connectivity index (χ0v) is 11.7. The third-order valence-corrected chi connectivity index (χ3v) is 4.65. The summed E-state index contributed by atoms with van der Waals surface area (Å²) in [7, 11) is 0. The Kier molecular flexibility index (Phi) is 3.80. The van der Waals surface area contributed by atoms with Crippen LogP contribution in [0.4, 0.5) is 11.4 Å². The standard InChI is InChI=1S/C13H18N2O2S/c1-8-4-9(2)13(15(16)17)6-12(8)14-11-5-10(3)18-7-11/h4,6,10-11,14H,5,7H2,1-3H3. The van der Waals surface area contributed by atoms with E-state index in [9.17, 15) is 10.1 Å². The summed E-state index contributed by atoms with van der Waals surface area (Å²) in [4.78, 5) is 10.6. The molecule has 1 aromatic rings. The molecule has 2 rings (SSSR count). The zero-order chi connectivity index (χ0) is 13.3. The van der Waals surface area contributed by atoms with Gasteiger partial charge in [-0.3, -0.25) is 10.1 Å². The van der Waals surface area contributed by atoms with E-state index in [1.165, 1.54) is 0 Å². The molecular weight excluding hydrogens is 248 g/mol. The lowest BCUT2D eigenvalue weighted by atomic mass is 10.1. The first kappa shape index (κ1) is 13.2. The minimum absolute atomic E-state index is 0.196. The molecule has 1 aliphatic heterocycles. The van der Waals surface area contributed by atoms with Crippen molar-refractivity contribution >= 4 is 23.1 Å². The van der Waals surface area contributed by atoms with E-state index in [0.29, 0.717) is 11.3 Å². The second-order valence-corrected chi connectivity index (χ2v) is 6.40. The van der Waals surface area contributed by atoms with Crippen LogP contribution in [-0.4, -0.2) is 22.0 Å². The highest BCUT2D eigenvalue weighted by molar-refractivity contribution is 8.00. The Morgan fingerprint density at radius 3 is 2.67 bits per heavy atom. The smallest absolute Gasteiger partial charge is 0.274 e. The predicted molar refractivity (Wildman–Crippen MR) is 76.5 cm³/mol. The highest BCUT2D eigenvalue weighted by Crippen LogP contribution is 2.31. The molecule has 0 radical (unpaired) electrons. The van der Waals surface area contributed by atoms with Gasteiger partial charge in [0.2, 0.25) is 0 Å². The van der Waals surface area contributed by atoms with E-state index in [-0.39, 0.29) is 10.6 Å². The molecule has 0 bridgehead atoms. The van der Waals surface area contributed by atoms with Crippen LogP contribution in [0.15, 0.2) is 12.1 Å². The van der Waals surface area contributed by atoms with E-state index >= 15 is 0 Å². The minimum atomic E-state index is -0.314. The third kappa shape index (κ3) is 2.77. The summed E-state index contributed by atoms with van der Waals surface area (Å²) in [5.74, 6) is 1.07. The summed E-state index contributed by atoms with van der Waals surface area (Å²) in [6.07, 6.45) is 1.12. The largest absolute Gasteiger partial charge is 0.381 e. The summed E-state index contributed by atoms with van der Waals surface area (Å²) in [5, 5.41) is 15.1. The Hall–Kier alpha value is -1.23. The van der Waals surface area contributed by atoms with Crippen LogP contribution < -0.4 is 5.32 Å². The van der Waals surface area contributed by atoms with Crippen molar-refractivity contribution in [2.45, 2.75) is 38.5 Å². The van der Waals surface area contributed by atoms with Gasteiger partial charge in [-0.15, -0.1) is 0 Å². The molecule has 5 heteroatoms. The molecule has 0 saturated carbocycles. The first-order chi connectivity index (χ1) is 8.47. The van der Waals surface area contributed by atoms with Crippen molar-refractivity contribution in [3.05, 3.63) is 33.4 Å². The van der Waals surface area contributed by atoms with Crippen molar-refractivity contribution < 1.29 is 4.92 Å². The monoisotopic (exact) mass is 266 g/mol. The summed E-state index contributed by atoms with van der Waals surface area (Å²) in [6, 6.07) is 3.97. The number of nitro groups is 1. The quantitative estimate of drug-likeness (QED) is 0.672. The maximum absolute atomic E-state index is 10.9. The van der Waals surface area contributed by atoms with Crippen molar-refractivity contribution in [3.63, 3.8) is 0 Å². The molecule has 4 nitrogen and oxygen atoms in total. The van der Waals surface area contributed by atoms with Crippen molar-refractivity contribution in [1.82, 2.24) is 0 Å². The first-order valence-corrected chi connectivity index (χ1v) is 7.16. The minimum Gasteiger partial charge on any atom is -0.381 e. The van der Waals surface area contributed by atoms with Gasteiger partial charge in [0, 0.05) is 34.4 Å². The molecule has 1 fully saturated rings. The molecule has 18 heavy (non-hydrogen) atoms. The van der Waals surface area contributed by atoms with Gasteiger partial charge < -0.3 is 5.32 Å². The lowest BCUT2D eigenvalue weighted by Crippen LogP contribution is -2.19. The number of rotatable bonds is 3. The fourth-order valence-corrected chi connectivity index (χ4v) is 3.48. The number of hydrogen-bond donors (Lipinski definition) is 1. The number of thioether (sulfide) groups is 1. The van der Waals surface area contributed by atoms with Gasteiger partial charge in [-0.1, -0.05) is 6.92 Å². The topological polar surface area (TPSA) is 55.2 Å². The van der Waals surface area contributed by atoms with Gasteiger partial charge in [-0.05, 0) is 31.9 Å². The molecule has 0 amide bonds. The Morgan fingerprint density at radius 2 is 2.11 bits per heavy atom. The van der Waals surface area contributed by atoms with Gasteiger partial charge >= 0.3 is 0 Å². The summed E-state index contributed by atoms with van der Waals surface area (Å²) >= 11 is 1.95. The summed E-state index contributed by atoms with van der Waals surface area (Å²) in [6.45, 7) is 5.99. The molecule has 0 aliphatic carbocycles. The SMILES string of the molecule is Cc1cc(C)c([N+](=O)[O-])cc1NC1CSC(C)C1. The molecule has 2 atom stereocenters. The van der Waals surface area contributed by atoms with Crippen LogP contribution in [0.2, 0.25) is 0 Å². The van der Waals surface area contributed by atoms with Gasteiger partial charge in [0.05, 0.1) is 4.92 Å². The van der Waals surface area contributed by atoms with Crippen LogP contribution in [0.3, 0.4) is 0 Å². The van der Waals surface area contributed by atoms with E-state index in [2.05, 4.69) is 12.2 Å². The van der Waals surface area contributed by atoms with Crippen molar-refractivity contribution in [2.75, 3.05) is 11.1 Å². The number of hydrogen-bond acceptors (Lipinski definition) is 4. The maximum Gasteiger partial charge on any atom is 0.274 e. The second-order valence-electron chi connectivity index (χ2n) is 4.93. The van der Waals surface area contributed by atoms with Crippen molar-refractivity contribution in [3.8, 4) is 0 Å². The third-order valence-electron chi connectivity index (χ3n) is 3.30. The van der Waals surface area contributed by atoms with Crippen LogP contribution >= 0.6 is 11.8 Å². The molecule has 0 spiro atoms. The molecule has 1 N–H and O–H groups in total. The van der Waals surface area contributed by atoms with Crippen LogP contribution in [0.25, 0.3) is 0 Å². The normalized spacial score (nSPS) is 23.1. The fraction of sp³-hybridized carbons (Fsp3) is 0.538. The van der Waals surface area contributed by atoms with E-state index < -0.39 is 0 Å². The fourth-order valence-electron chi connectivity index (χ4n) is 2.33. The number of nitrogens with zero attached hydrogens (tertiary/aromatic N) is 1. The van der Waals surface area contributed by atoms with Gasteiger partial charge in [0.1, 0.15) is 0 Å². The molecule has 2 unspecified atom stereocenters. The first-order valence-electron chi connectivity index (χ1n) is 6.11. The Bertz CT molecular complexity index is 476. The highest BCUT2D eigenvalue weighted by atomic mass is 32.2. The average Bonchev–Trinajstić information content (AvgIpc) is 2.67. The average molecular weight is 266 g/mol. The Balaban J connectivity index is 2.22. The van der Waals surface area contributed by atoms with Gasteiger partial charge in [0.25, 0.3) is 5.69 Å². The molecule has 1 heterocycles. The van der Waals surface area contributed by atoms with Gasteiger partial charge in [-0.25, -0.2) is 0 Å². The van der Waals surface area contributed by atoms with Crippen LogP contribution in [-0.2, 0) is 0 Å². The van der Waals surface area contributed by atoms with E-state index in [1.54, 1.807) is 13.0 Å². The van der Waals surface area contributed by atoms with Crippen molar-refractivity contribution in [2.24, 2.45) is 0 Å². The lowest BCUT2D eigenvalue weighted by molar-refractivity contribution is -0.385. The number of aryl methyl sites for hydroxylation is 2. The number of anilines is 1. The number of benzene rings is 1. The molecule has 1 aromatic carbocycles. The van der Waals surface area contributed by atoms with E-state index in [1.807, 2.05) is 24.8 Å². The Morgan fingerprint density at radius 1 is 1.39 bits per heavy atom. The lowest BCUT2D eigenvalue weighted by Gasteiger charge is -2.16. The number of nitrogens with one attached hydrogen (secondary N) is 1. The van der Waals surface area contributed by atoms with Gasteiger partial charge in [-0.2, -0.15) is 11.8 Å². The zero-order valence-electron chi connectivity index (χ0n) is 10.9.